The second-order valence-corrected chi connectivity index (χ2v) is 7.55. The van der Waals surface area contributed by atoms with E-state index in [1.807, 2.05) is 49.4 Å². The second-order valence-electron chi connectivity index (χ2n) is 6.26. The number of aromatic nitrogens is 2. The molecule has 3 aromatic heterocycles. The molecule has 28 heavy (non-hydrogen) atoms. The molecule has 1 amide bonds. The van der Waals surface area contributed by atoms with Gasteiger partial charge in [0.15, 0.2) is 0 Å². The van der Waals surface area contributed by atoms with Crippen LogP contribution in [0.25, 0.3) is 21.7 Å². The second kappa shape index (κ2) is 7.67. The number of carbonyl (C=O) groups is 1. The molecule has 0 spiro atoms. The fourth-order valence-corrected chi connectivity index (χ4v) is 3.69. The first kappa shape index (κ1) is 18.0. The molecule has 0 aliphatic carbocycles. The molecule has 1 N–H and O–H groups in total. The number of rotatable bonds is 3. The van der Waals surface area contributed by atoms with Gasteiger partial charge in [0.2, 0.25) is 0 Å². The first-order chi connectivity index (χ1) is 13.6. The van der Waals surface area contributed by atoms with Crippen LogP contribution in [0.1, 0.15) is 26.5 Å². The van der Waals surface area contributed by atoms with Crippen LogP contribution in [0.15, 0.2) is 53.1 Å². The number of amides is 1. The largest absolute Gasteiger partial charge is 0.341 e. The number of hydrogen-bond acceptors (Lipinski definition) is 5. The van der Waals surface area contributed by atoms with Gasteiger partial charge in [-0.15, -0.1) is 11.3 Å². The van der Waals surface area contributed by atoms with E-state index in [-0.39, 0.29) is 12.5 Å². The van der Waals surface area contributed by atoms with E-state index in [2.05, 4.69) is 27.3 Å². The van der Waals surface area contributed by atoms with E-state index in [1.54, 1.807) is 24.3 Å². The molecule has 0 atom stereocenters. The molecule has 6 heteroatoms. The van der Waals surface area contributed by atoms with Crippen molar-refractivity contribution in [3.05, 3.63) is 70.2 Å². The van der Waals surface area contributed by atoms with E-state index in [1.165, 1.54) is 4.88 Å². The van der Waals surface area contributed by atoms with Gasteiger partial charge in [-0.1, -0.05) is 35.2 Å². The van der Waals surface area contributed by atoms with Crippen molar-refractivity contribution >= 4 is 28.3 Å². The van der Waals surface area contributed by atoms with Crippen molar-refractivity contribution in [3.8, 4) is 22.4 Å². The summed E-state index contributed by atoms with van der Waals surface area (Å²) >= 11 is 1.62. The zero-order valence-corrected chi connectivity index (χ0v) is 16.3. The highest BCUT2D eigenvalue weighted by atomic mass is 32.1. The summed E-state index contributed by atoms with van der Waals surface area (Å²) in [5, 5.41) is 7.46. The summed E-state index contributed by atoms with van der Waals surface area (Å²) in [7, 11) is 0. The van der Waals surface area contributed by atoms with Crippen LogP contribution in [0.3, 0.4) is 0 Å². The van der Waals surface area contributed by atoms with Gasteiger partial charge >= 0.3 is 0 Å². The molecule has 0 aliphatic rings. The van der Waals surface area contributed by atoms with Gasteiger partial charge in [-0.05, 0) is 44.2 Å². The summed E-state index contributed by atoms with van der Waals surface area (Å²) in [5.41, 5.74) is 3.10. The van der Waals surface area contributed by atoms with Crippen molar-refractivity contribution in [1.82, 2.24) is 15.5 Å². The van der Waals surface area contributed by atoms with Crippen molar-refractivity contribution in [2.24, 2.45) is 0 Å². The maximum absolute atomic E-state index is 12.8. The summed E-state index contributed by atoms with van der Waals surface area (Å²) in [6, 6.07) is 15.5. The standard InChI is InChI=1S/C22H17N3O2S/c1-14-10-11-19(28-14)18-13-17(20-15(2)25-27-22(20)24-18)21(26)23-12-6-9-16-7-4-3-5-8-16/h3-5,7-8,10-11,13H,12H2,1-2H3,(H,23,26). The summed E-state index contributed by atoms with van der Waals surface area (Å²) < 4.78 is 5.33. The molecule has 4 aromatic rings. The lowest BCUT2D eigenvalue weighted by molar-refractivity contribution is 0.0960. The first-order valence-corrected chi connectivity index (χ1v) is 9.59. The van der Waals surface area contributed by atoms with Gasteiger partial charge in [-0.3, -0.25) is 4.79 Å². The molecule has 138 valence electrons. The highest BCUT2D eigenvalue weighted by Gasteiger charge is 2.19. The number of nitrogens with zero attached hydrogens (tertiary/aromatic N) is 2. The molecule has 5 nitrogen and oxygen atoms in total. The van der Waals surface area contributed by atoms with Crippen LogP contribution in [0.2, 0.25) is 0 Å². The smallest absolute Gasteiger partial charge is 0.259 e. The minimum Gasteiger partial charge on any atom is -0.341 e. The van der Waals surface area contributed by atoms with E-state index in [4.69, 9.17) is 4.52 Å². The average Bonchev–Trinajstić information content (AvgIpc) is 3.31. The lowest BCUT2D eigenvalue weighted by Crippen LogP contribution is -2.24. The van der Waals surface area contributed by atoms with Crippen molar-refractivity contribution < 1.29 is 9.32 Å². The Bertz CT molecular complexity index is 1210. The third-order valence-corrected chi connectivity index (χ3v) is 5.22. The van der Waals surface area contributed by atoms with Gasteiger partial charge in [-0.2, -0.15) is 0 Å². The van der Waals surface area contributed by atoms with Crippen LogP contribution in [0, 0.1) is 25.7 Å². The summed E-state index contributed by atoms with van der Waals surface area (Å²) in [6.45, 7) is 4.08. The van der Waals surface area contributed by atoms with E-state index in [0.717, 1.165) is 10.4 Å². The highest BCUT2D eigenvalue weighted by molar-refractivity contribution is 7.15. The maximum atomic E-state index is 12.8. The average molecular weight is 387 g/mol. The van der Waals surface area contributed by atoms with Gasteiger partial charge in [0, 0.05) is 10.4 Å². The zero-order valence-electron chi connectivity index (χ0n) is 15.4. The number of nitrogens with one attached hydrogen (secondary N) is 1. The van der Waals surface area contributed by atoms with E-state index in [0.29, 0.717) is 28.1 Å². The van der Waals surface area contributed by atoms with Gasteiger partial charge in [0.25, 0.3) is 11.6 Å². The Morgan fingerprint density at radius 2 is 2.00 bits per heavy atom. The number of aryl methyl sites for hydroxylation is 2. The van der Waals surface area contributed by atoms with Crippen molar-refractivity contribution in [3.63, 3.8) is 0 Å². The summed E-state index contributed by atoms with van der Waals surface area (Å²) in [6.07, 6.45) is 0. The quantitative estimate of drug-likeness (QED) is 0.531. The highest BCUT2D eigenvalue weighted by Crippen LogP contribution is 2.30. The fourth-order valence-electron chi connectivity index (χ4n) is 2.86. The minimum atomic E-state index is -0.226. The zero-order chi connectivity index (χ0) is 19.5. The number of benzene rings is 1. The van der Waals surface area contributed by atoms with Crippen LogP contribution >= 0.6 is 11.3 Å². The Morgan fingerprint density at radius 3 is 2.75 bits per heavy atom. The summed E-state index contributed by atoms with van der Waals surface area (Å²) in [4.78, 5) is 19.5. The number of fused-ring (bicyclic) bond motifs is 1. The van der Waals surface area contributed by atoms with Crippen LogP contribution < -0.4 is 5.32 Å². The molecule has 0 unspecified atom stereocenters. The predicted molar refractivity (Wildman–Crippen MR) is 110 cm³/mol. The van der Waals surface area contributed by atoms with E-state index >= 15 is 0 Å². The van der Waals surface area contributed by atoms with Crippen LogP contribution in [0.5, 0.6) is 0 Å². The molecule has 3 heterocycles. The minimum absolute atomic E-state index is 0.226. The molecule has 0 aliphatic heterocycles. The Balaban J connectivity index is 1.62. The van der Waals surface area contributed by atoms with Gasteiger partial charge in [-0.25, -0.2) is 4.98 Å². The topological polar surface area (TPSA) is 68.0 Å². The Labute approximate surface area is 166 Å². The van der Waals surface area contributed by atoms with Crippen molar-refractivity contribution in [2.45, 2.75) is 13.8 Å². The lowest BCUT2D eigenvalue weighted by atomic mass is 10.1. The van der Waals surface area contributed by atoms with Gasteiger partial charge in [0.05, 0.1) is 33.8 Å². The fraction of sp³-hybridized carbons (Fsp3) is 0.136. The Kier molecular flexibility index (Phi) is 4.92. The molecule has 0 fully saturated rings. The van der Waals surface area contributed by atoms with Gasteiger partial charge in [0.1, 0.15) is 0 Å². The molecular weight excluding hydrogens is 370 g/mol. The molecule has 0 saturated heterocycles. The van der Waals surface area contributed by atoms with E-state index < -0.39 is 0 Å². The van der Waals surface area contributed by atoms with Crippen molar-refractivity contribution in [2.75, 3.05) is 6.54 Å². The molecule has 0 radical (unpaired) electrons. The first-order valence-electron chi connectivity index (χ1n) is 8.78. The van der Waals surface area contributed by atoms with Crippen LogP contribution in [-0.2, 0) is 0 Å². The molecular formula is C22H17N3O2S. The molecule has 0 bridgehead atoms. The van der Waals surface area contributed by atoms with Crippen LogP contribution in [0.4, 0.5) is 0 Å². The van der Waals surface area contributed by atoms with Crippen LogP contribution in [-0.4, -0.2) is 22.6 Å². The van der Waals surface area contributed by atoms with Gasteiger partial charge < -0.3 is 9.84 Å². The predicted octanol–water partition coefficient (Wildman–Crippen LogP) is 4.35. The number of pyridine rings is 1. The lowest BCUT2D eigenvalue weighted by Gasteiger charge is -2.05. The monoisotopic (exact) mass is 387 g/mol. The molecule has 4 rings (SSSR count). The summed E-state index contributed by atoms with van der Waals surface area (Å²) in [5.74, 6) is 5.78. The normalized spacial score (nSPS) is 10.5. The third-order valence-electron chi connectivity index (χ3n) is 4.20. The molecule has 1 aromatic carbocycles. The SMILES string of the molecule is Cc1ccc(-c2cc(C(=O)NCC#Cc3ccccc3)c3c(C)noc3n2)s1. The Hall–Kier alpha value is -3.43. The van der Waals surface area contributed by atoms with E-state index in [9.17, 15) is 4.79 Å². The number of hydrogen-bond donors (Lipinski definition) is 1. The third kappa shape index (κ3) is 3.66. The Morgan fingerprint density at radius 1 is 1.18 bits per heavy atom. The maximum Gasteiger partial charge on any atom is 0.259 e. The molecule has 0 saturated carbocycles. The number of carbonyl (C=O) groups excluding carboxylic acids is 1. The van der Waals surface area contributed by atoms with Crippen molar-refractivity contribution in [1.29, 1.82) is 0 Å². The number of thiophene rings is 1.